The maximum absolute atomic E-state index is 6.06. The van der Waals surface area contributed by atoms with Crippen LogP contribution in [-0.4, -0.2) is 31.8 Å². The van der Waals surface area contributed by atoms with E-state index in [2.05, 4.69) is 42.4 Å². The van der Waals surface area contributed by atoms with Crippen LogP contribution in [0.2, 0.25) is 0 Å². The van der Waals surface area contributed by atoms with E-state index in [1.807, 2.05) is 0 Å². The van der Waals surface area contributed by atoms with E-state index in [1.54, 1.807) is 0 Å². The lowest BCUT2D eigenvalue weighted by atomic mass is 10.1. The molecule has 0 amide bonds. The van der Waals surface area contributed by atoms with Gasteiger partial charge in [0.15, 0.2) is 5.96 Å². The van der Waals surface area contributed by atoms with Crippen molar-refractivity contribution in [1.29, 1.82) is 0 Å². The molecule has 0 spiro atoms. The van der Waals surface area contributed by atoms with E-state index in [1.165, 1.54) is 5.56 Å². The number of nitrogens with zero attached hydrogens (tertiary/aromatic N) is 1. The lowest BCUT2D eigenvalue weighted by Crippen LogP contribution is -2.32. The van der Waals surface area contributed by atoms with Crippen molar-refractivity contribution in [2.75, 3.05) is 19.8 Å². The third-order valence-electron chi connectivity index (χ3n) is 3.66. The molecule has 1 atom stereocenters. The molecule has 0 aromatic heterocycles. The summed E-state index contributed by atoms with van der Waals surface area (Å²) in [5.41, 5.74) is 8.11. The van der Waals surface area contributed by atoms with Crippen LogP contribution in [0.1, 0.15) is 37.3 Å². The molecule has 0 aliphatic carbocycles. The topological polar surface area (TPSA) is 68.9 Å². The molecule has 1 saturated heterocycles. The Labute approximate surface area is 132 Å². The SMILES string of the molecule is CCCCNC(N)=NCc1ccc(C)cc1OC1CCOC1. The molecule has 1 aromatic carbocycles. The largest absolute Gasteiger partial charge is 0.488 e. The summed E-state index contributed by atoms with van der Waals surface area (Å²) in [6, 6.07) is 6.19. The summed E-state index contributed by atoms with van der Waals surface area (Å²) in [6.07, 6.45) is 3.32. The number of nitrogens with two attached hydrogens (primary N) is 1. The molecule has 22 heavy (non-hydrogen) atoms. The smallest absolute Gasteiger partial charge is 0.188 e. The van der Waals surface area contributed by atoms with Crippen molar-refractivity contribution in [2.24, 2.45) is 10.7 Å². The first-order valence-electron chi connectivity index (χ1n) is 8.06. The fourth-order valence-corrected chi connectivity index (χ4v) is 2.31. The van der Waals surface area contributed by atoms with Crippen LogP contribution in [-0.2, 0) is 11.3 Å². The molecule has 0 bridgehead atoms. The van der Waals surface area contributed by atoms with Gasteiger partial charge in [-0.15, -0.1) is 0 Å². The van der Waals surface area contributed by atoms with Gasteiger partial charge in [0.25, 0.3) is 0 Å². The molecule has 1 aliphatic rings. The number of benzene rings is 1. The Morgan fingerprint density at radius 3 is 3.09 bits per heavy atom. The lowest BCUT2D eigenvalue weighted by molar-refractivity contribution is 0.140. The summed E-state index contributed by atoms with van der Waals surface area (Å²) in [5.74, 6) is 1.38. The standard InChI is InChI=1S/C17H27N3O2/c1-3-4-8-19-17(18)20-11-14-6-5-13(2)10-16(14)22-15-7-9-21-12-15/h5-6,10,15H,3-4,7-9,11-12H2,1-2H3,(H3,18,19,20). The molecule has 5 nitrogen and oxygen atoms in total. The Morgan fingerprint density at radius 1 is 1.50 bits per heavy atom. The number of guanidine groups is 1. The minimum atomic E-state index is 0.143. The molecule has 0 saturated carbocycles. The van der Waals surface area contributed by atoms with E-state index < -0.39 is 0 Å². The lowest BCUT2D eigenvalue weighted by Gasteiger charge is -2.15. The molecule has 122 valence electrons. The highest BCUT2D eigenvalue weighted by molar-refractivity contribution is 5.77. The average Bonchev–Trinajstić information content (AvgIpc) is 3.00. The fourth-order valence-electron chi connectivity index (χ4n) is 2.31. The predicted molar refractivity (Wildman–Crippen MR) is 89.3 cm³/mol. The van der Waals surface area contributed by atoms with E-state index >= 15 is 0 Å². The normalized spacial score (nSPS) is 18.5. The second-order valence-corrected chi connectivity index (χ2v) is 5.70. The quantitative estimate of drug-likeness (QED) is 0.461. The number of rotatable bonds is 7. The second-order valence-electron chi connectivity index (χ2n) is 5.70. The maximum atomic E-state index is 6.06. The number of aryl methyl sites for hydroxylation is 1. The van der Waals surface area contributed by atoms with Crippen LogP contribution in [0.15, 0.2) is 23.2 Å². The van der Waals surface area contributed by atoms with E-state index in [-0.39, 0.29) is 6.10 Å². The van der Waals surface area contributed by atoms with E-state index in [0.29, 0.717) is 19.1 Å². The van der Waals surface area contributed by atoms with E-state index in [0.717, 1.165) is 43.7 Å². The van der Waals surface area contributed by atoms with Crippen molar-refractivity contribution >= 4 is 5.96 Å². The van der Waals surface area contributed by atoms with Gasteiger partial charge < -0.3 is 20.5 Å². The Kier molecular flexibility index (Phi) is 6.52. The summed E-state index contributed by atoms with van der Waals surface area (Å²) in [7, 11) is 0. The minimum absolute atomic E-state index is 0.143. The fraction of sp³-hybridized carbons (Fsp3) is 0.588. The summed E-state index contributed by atoms with van der Waals surface area (Å²) in [5, 5.41) is 3.12. The summed E-state index contributed by atoms with van der Waals surface area (Å²) in [6.45, 7) is 7.04. The van der Waals surface area contributed by atoms with Crippen molar-refractivity contribution in [3.63, 3.8) is 0 Å². The first-order valence-corrected chi connectivity index (χ1v) is 8.06. The monoisotopic (exact) mass is 305 g/mol. The molecule has 1 heterocycles. The van der Waals surface area contributed by atoms with Crippen molar-refractivity contribution < 1.29 is 9.47 Å². The Bertz CT molecular complexity index is 497. The highest BCUT2D eigenvalue weighted by Crippen LogP contribution is 2.24. The van der Waals surface area contributed by atoms with Gasteiger partial charge in [-0.05, 0) is 25.0 Å². The molecule has 1 fully saturated rings. The Hall–Kier alpha value is -1.75. The second kappa shape index (κ2) is 8.63. The average molecular weight is 305 g/mol. The molecule has 5 heteroatoms. The van der Waals surface area contributed by atoms with Gasteiger partial charge in [0.1, 0.15) is 11.9 Å². The van der Waals surface area contributed by atoms with Gasteiger partial charge in [-0.3, -0.25) is 0 Å². The number of aliphatic imine (C=N–C) groups is 1. The summed E-state index contributed by atoms with van der Waals surface area (Å²) in [4.78, 5) is 4.40. The predicted octanol–water partition coefficient (Wildman–Crippen LogP) is 2.37. The van der Waals surface area contributed by atoms with Gasteiger partial charge in [-0.2, -0.15) is 0 Å². The zero-order valence-electron chi connectivity index (χ0n) is 13.6. The highest BCUT2D eigenvalue weighted by atomic mass is 16.5. The summed E-state index contributed by atoms with van der Waals surface area (Å²) >= 11 is 0. The molecule has 1 aromatic rings. The van der Waals surface area contributed by atoms with E-state index in [9.17, 15) is 0 Å². The van der Waals surface area contributed by atoms with Gasteiger partial charge in [0.2, 0.25) is 0 Å². The number of hydrogen-bond donors (Lipinski definition) is 2. The van der Waals surface area contributed by atoms with Crippen LogP contribution in [0.5, 0.6) is 5.75 Å². The Balaban J connectivity index is 1.98. The van der Waals surface area contributed by atoms with E-state index in [4.69, 9.17) is 15.2 Å². The van der Waals surface area contributed by atoms with Gasteiger partial charge in [0, 0.05) is 18.5 Å². The van der Waals surface area contributed by atoms with Gasteiger partial charge in [-0.1, -0.05) is 25.5 Å². The van der Waals surface area contributed by atoms with Crippen LogP contribution in [0, 0.1) is 6.92 Å². The van der Waals surface area contributed by atoms with Crippen LogP contribution >= 0.6 is 0 Å². The van der Waals surface area contributed by atoms with Gasteiger partial charge in [0.05, 0.1) is 19.8 Å². The van der Waals surface area contributed by atoms with Crippen LogP contribution < -0.4 is 15.8 Å². The van der Waals surface area contributed by atoms with Gasteiger partial charge in [-0.25, -0.2) is 4.99 Å². The van der Waals surface area contributed by atoms with Crippen molar-refractivity contribution in [3.8, 4) is 5.75 Å². The Morgan fingerprint density at radius 2 is 2.36 bits per heavy atom. The molecule has 1 unspecified atom stereocenters. The third-order valence-corrected chi connectivity index (χ3v) is 3.66. The number of nitrogens with one attached hydrogen (secondary N) is 1. The first-order chi connectivity index (χ1) is 10.7. The zero-order chi connectivity index (χ0) is 15.8. The summed E-state index contributed by atoms with van der Waals surface area (Å²) < 4.78 is 11.4. The van der Waals surface area contributed by atoms with Crippen molar-refractivity contribution in [3.05, 3.63) is 29.3 Å². The van der Waals surface area contributed by atoms with Gasteiger partial charge >= 0.3 is 0 Å². The number of unbranched alkanes of at least 4 members (excludes halogenated alkanes) is 1. The van der Waals surface area contributed by atoms with Crippen LogP contribution in [0.25, 0.3) is 0 Å². The highest BCUT2D eigenvalue weighted by Gasteiger charge is 2.18. The third kappa shape index (κ3) is 5.22. The number of hydrogen-bond acceptors (Lipinski definition) is 3. The number of ether oxygens (including phenoxy) is 2. The molecular formula is C17H27N3O2. The van der Waals surface area contributed by atoms with Crippen molar-refractivity contribution in [2.45, 2.75) is 45.8 Å². The molecule has 1 aliphatic heterocycles. The minimum Gasteiger partial charge on any atom is -0.488 e. The molecule has 3 N–H and O–H groups in total. The maximum Gasteiger partial charge on any atom is 0.188 e. The van der Waals surface area contributed by atoms with Crippen LogP contribution in [0.3, 0.4) is 0 Å². The molecule has 2 rings (SSSR count). The molecule has 0 radical (unpaired) electrons. The van der Waals surface area contributed by atoms with Crippen molar-refractivity contribution in [1.82, 2.24) is 5.32 Å². The van der Waals surface area contributed by atoms with Crippen LogP contribution in [0.4, 0.5) is 0 Å². The zero-order valence-corrected chi connectivity index (χ0v) is 13.6. The molecular weight excluding hydrogens is 278 g/mol. The first kappa shape index (κ1) is 16.6.